The molecule has 1 saturated heterocycles. The van der Waals surface area contributed by atoms with E-state index in [0.717, 1.165) is 5.56 Å². The first kappa shape index (κ1) is 20.2. The molecule has 0 saturated carbocycles. The highest BCUT2D eigenvalue weighted by molar-refractivity contribution is 8.14. The number of hydrogen-bond acceptors (Lipinski definition) is 6. The number of esters is 1. The predicted octanol–water partition coefficient (Wildman–Crippen LogP) is 4.69. The summed E-state index contributed by atoms with van der Waals surface area (Å²) in [6, 6.07) is 16.3. The summed E-state index contributed by atoms with van der Waals surface area (Å²) >= 11 is 1.52. The van der Waals surface area contributed by atoms with E-state index in [1.165, 1.54) is 11.8 Å². The van der Waals surface area contributed by atoms with Crippen molar-refractivity contribution in [1.82, 2.24) is 4.90 Å². The average Bonchev–Trinajstić information content (AvgIpc) is 2.74. The molecule has 4 rings (SSSR count). The Balaban J connectivity index is 1.77. The lowest BCUT2D eigenvalue weighted by Crippen LogP contribution is -2.45. The maximum Gasteiger partial charge on any atom is 0.338 e. The van der Waals surface area contributed by atoms with Crippen LogP contribution in [0, 0.1) is 0 Å². The van der Waals surface area contributed by atoms with Crippen LogP contribution in [0.5, 0.6) is 11.5 Å². The molecule has 2 heterocycles. The number of carbonyl (C=O) groups is 2. The molecule has 0 radical (unpaired) electrons. The van der Waals surface area contributed by atoms with Gasteiger partial charge in [0.25, 0.3) is 0 Å². The van der Waals surface area contributed by atoms with E-state index in [1.54, 1.807) is 18.7 Å². The zero-order valence-electron chi connectivity index (χ0n) is 16.8. The van der Waals surface area contributed by atoms with Gasteiger partial charge in [-0.3, -0.25) is 9.69 Å². The van der Waals surface area contributed by atoms with E-state index in [1.807, 2.05) is 54.6 Å². The number of allylic oxidation sites excluding steroid dienone is 1. The summed E-state index contributed by atoms with van der Waals surface area (Å²) in [4.78, 5) is 31.8. The lowest BCUT2D eigenvalue weighted by atomic mass is 9.94. The molecule has 154 valence electrons. The fourth-order valence-corrected chi connectivity index (χ4v) is 4.56. The molecular weight excluding hydrogens is 400 g/mol. The summed E-state index contributed by atoms with van der Waals surface area (Å²) in [6.07, 6.45) is 0.398. The van der Waals surface area contributed by atoms with Crippen molar-refractivity contribution in [3.63, 3.8) is 0 Å². The third-order valence-electron chi connectivity index (χ3n) is 4.85. The van der Waals surface area contributed by atoms with E-state index < -0.39 is 12.0 Å². The lowest BCUT2D eigenvalue weighted by Gasteiger charge is -2.38. The first-order valence-corrected chi connectivity index (χ1v) is 10.8. The Morgan fingerprint density at radius 3 is 2.70 bits per heavy atom. The third-order valence-corrected chi connectivity index (χ3v) is 5.81. The van der Waals surface area contributed by atoms with Crippen molar-refractivity contribution in [2.45, 2.75) is 26.3 Å². The smallest absolute Gasteiger partial charge is 0.338 e. The van der Waals surface area contributed by atoms with E-state index >= 15 is 0 Å². The molecule has 0 unspecified atom stereocenters. The van der Waals surface area contributed by atoms with Crippen LogP contribution in [0.1, 0.15) is 31.9 Å². The molecule has 0 aromatic heterocycles. The number of amidine groups is 1. The largest absolute Gasteiger partial charge is 0.463 e. The Kier molecular flexibility index (Phi) is 5.90. The Hall–Kier alpha value is -3.06. The van der Waals surface area contributed by atoms with E-state index in [2.05, 4.69) is 4.99 Å². The first-order valence-electron chi connectivity index (χ1n) is 9.82. The van der Waals surface area contributed by atoms with Crippen LogP contribution < -0.4 is 4.74 Å². The van der Waals surface area contributed by atoms with Crippen molar-refractivity contribution in [3.05, 3.63) is 71.4 Å². The first-order chi connectivity index (χ1) is 14.6. The fraction of sp³-hybridized carbons (Fsp3) is 0.261. The molecule has 2 aromatic carbocycles. The molecule has 7 heteroatoms. The van der Waals surface area contributed by atoms with Crippen LogP contribution in [-0.2, 0) is 14.3 Å². The lowest BCUT2D eigenvalue weighted by molar-refractivity contribution is -0.139. The number of hydrogen-bond donors (Lipinski definition) is 0. The molecule has 1 atom stereocenters. The third kappa shape index (κ3) is 3.98. The highest BCUT2D eigenvalue weighted by Crippen LogP contribution is 2.41. The van der Waals surface area contributed by atoms with Crippen LogP contribution in [0.15, 0.2) is 70.9 Å². The number of thioether (sulfide) groups is 1. The summed E-state index contributed by atoms with van der Waals surface area (Å²) in [6.45, 7) is 3.79. The minimum absolute atomic E-state index is 0.0545. The summed E-state index contributed by atoms with van der Waals surface area (Å²) in [5.74, 6) is 1.50. The second-order valence-corrected chi connectivity index (χ2v) is 7.93. The molecule has 6 nitrogen and oxygen atoms in total. The summed E-state index contributed by atoms with van der Waals surface area (Å²) in [5, 5.41) is 0.621. The number of fused-ring (bicyclic) bond motifs is 1. The molecular formula is C23H22N2O4S. The number of ether oxygens (including phenoxy) is 2. The molecule has 1 amide bonds. The van der Waals surface area contributed by atoms with Gasteiger partial charge < -0.3 is 9.47 Å². The van der Waals surface area contributed by atoms with Crippen LogP contribution in [0.25, 0.3) is 0 Å². The minimum Gasteiger partial charge on any atom is -0.463 e. The van der Waals surface area contributed by atoms with E-state index in [9.17, 15) is 9.59 Å². The van der Waals surface area contributed by atoms with Crippen LogP contribution in [0.2, 0.25) is 0 Å². The van der Waals surface area contributed by atoms with Crippen molar-refractivity contribution < 1.29 is 19.1 Å². The molecule has 2 aliphatic heterocycles. The summed E-state index contributed by atoms with van der Waals surface area (Å²) < 4.78 is 11.3. The van der Waals surface area contributed by atoms with Gasteiger partial charge in [-0.25, -0.2) is 9.79 Å². The van der Waals surface area contributed by atoms with Gasteiger partial charge in [0.15, 0.2) is 5.17 Å². The molecule has 0 N–H and O–H groups in total. The number of para-hydroxylation sites is 1. The number of carbonyl (C=O) groups excluding carboxylic acids is 2. The van der Waals surface area contributed by atoms with Crippen LogP contribution in [0.4, 0.5) is 0 Å². The average molecular weight is 423 g/mol. The van der Waals surface area contributed by atoms with Crippen molar-refractivity contribution in [2.75, 3.05) is 12.4 Å². The van der Waals surface area contributed by atoms with Gasteiger partial charge in [0.1, 0.15) is 11.5 Å². The fourth-order valence-electron chi connectivity index (χ4n) is 3.55. The Morgan fingerprint density at radius 1 is 1.17 bits per heavy atom. The summed E-state index contributed by atoms with van der Waals surface area (Å²) in [5.41, 5.74) is 1.73. The number of rotatable bonds is 5. The maximum absolute atomic E-state index is 12.8. The van der Waals surface area contributed by atoms with Crippen molar-refractivity contribution in [1.29, 1.82) is 0 Å². The van der Waals surface area contributed by atoms with Gasteiger partial charge >= 0.3 is 5.97 Å². The number of nitrogens with zero attached hydrogens (tertiary/aromatic N) is 2. The molecule has 30 heavy (non-hydrogen) atoms. The van der Waals surface area contributed by atoms with Gasteiger partial charge in [-0.2, -0.15) is 0 Å². The minimum atomic E-state index is -0.601. The second-order valence-electron chi connectivity index (χ2n) is 6.87. The van der Waals surface area contributed by atoms with Gasteiger partial charge in [-0.1, -0.05) is 42.1 Å². The predicted molar refractivity (Wildman–Crippen MR) is 116 cm³/mol. The Morgan fingerprint density at radius 2 is 1.93 bits per heavy atom. The number of amides is 1. The zero-order chi connectivity index (χ0) is 21.1. The molecule has 0 spiro atoms. The number of aliphatic imine (C=N–C) groups is 1. The molecule has 0 bridgehead atoms. The summed E-state index contributed by atoms with van der Waals surface area (Å²) in [7, 11) is 0. The van der Waals surface area contributed by atoms with Gasteiger partial charge in [-0.05, 0) is 43.7 Å². The van der Waals surface area contributed by atoms with E-state index in [0.29, 0.717) is 40.1 Å². The van der Waals surface area contributed by atoms with Crippen molar-refractivity contribution >= 4 is 28.8 Å². The topological polar surface area (TPSA) is 68.2 Å². The maximum atomic E-state index is 12.8. The Labute approximate surface area is 179 Å². The highest BCUT2D eigenvalue weighted by Gasteiger charge is 2.41. The SMILES string of the molecule is CCOC(=O)C1=C(C)N=C2SCCC(=O)N2[C@H]1c1cccc(Oc2ccccc2)c1. The van der Waals surface area contributed by atoms with E-state index in [-0.39, 0.29) is 12.5 Å². The van der Waals surface area contributed by atoms with Crippen molar-refractivity contribution in [2.24, 2.45) is 4.99 Å². The molecule has 2 aliphatic rings. The quantitative estimate of drug-likeness (QED) is 0.654. The van der Waals surface area contributed by atoms with E-state index in [4.69, 9.17) is 9.47 Å². The number of benzene rings is 2. The molecule has 2 aromatic rings. The normalized spacial score (nSPS) is 18.6. The zero-order valence-corrected chi connectivity index (χ0v) is 17.6. The van der Waals surface area contributed by atoms with Gasteiger partial charge in [0.05, 0.1) is 23.9 Å². The van der Waals surface area contributed by atoms with Gasteiger partial charge in [0.2, 0.25) is 5.91 Å². The van der Waals surface area contributed by atoms with Crippen LogP contribution in [-0.4, -0.2) is 34.3 Å². The second kappa shape index (κ2) is 8.75. The van der Waals surface area contributed by atoms with Crippen LogP contribution in [0.3, 0.4) is 0 Å². The monoisotopic (exact) mass is 422 g/mol. The van der Waals surface area contributed by atoms with Crippen molar-refractivity contribution in [3.8, 4) is 11.5 Å². The Bertz CT molecular complexity index is 1030. The standard InChI is InChI=1S/C23H22N2O4S/c1-3-28-22(27)20-15(2)24-23-25(19(26)12-13-30-23)21(20)16-8-7-11-18(14-16)29-17-9-5-4-6-10-17/h4-11,14,21H,3,12-13H2,1-2H3/t21-/m0/s1. The highest BCUT2D eigenvalue weighted by atomic mass is 32.2. The molecule has 0 aliphatic carbocycles. The van der Waals surface area contributed by atoms with Crippen LogP contribution >= 0.6 is 11.8 Å². The molecule has 1 fully saturated rings. The van der Waals surface area contributed by atoms with Gasteiger partial charge in [-0.15, -0.1) is 0 Å². The van der Waals surface area contributed by atoms with Gasteiger partial charge in [0, 0.05) is 12.2 Å².